The van der Waals surface area contributed by atoms with Crippen molar-refractivity contribution in [3.8, 4) is 0 Å². The molecule has 1 fully saturated rings. The standard InChI is InChI=1S/C7H15NO2/c1-10-8-6-4-2-3-5-7(6)9/h6-9H,2-5H2,1H3/t6-,7-/m1/s1. The topological polar surface area (TPSA) is 41.5 Å². The minimum absolute atomic E-state index is 0.152. The minimum atomic E-state index is -0.214. The van der Waals surface area contributed by atoms with E-state index in [2.05, 4.69) is 5.48 Å². The lowest BCUT2D eigenvalue weighted by Crippen LogP contribution is -2.41. The fraction of sp³-hybridized carbons (Fsp3) is 1.00. The van der Waals surface area contributed by atoms with Crippen LogP contribution in [0.4, 0.5) is 0 Å². The fourth-order valence-electron chi connectivity index (χ4n) is 1.40. The van der Waals surface area contributed by atoms with Crippen LogP contribution >= 0.6 is 0 Å². The first kappa shape index (κ1) is 7.98. The van der Waals surface area contributed by atoms with Gasteiger partial charge in [0.2, 0.25) is 0 Å². The highest BCUT2D eigenvalue weighted by atomic mass is 16.6. The van der Waals surface area contributed by atoms with Crippen LogP contribution in [0.2, 0.25) is 0 Å². The third-order valence-electron chi connectivity index (χ3n) is 2.00. The second-order valence-corrected chi connectivity index (χ2v) is 2.78. The number of hydrogen-bond donors (Lipinski definition) is 2. The molecule has 3 heteroatoms. The summed E-state index contributed by atoms with van der Waals surface area (Å²) in [7, 11) is 1.58. The largest absolute Gasteiger partial charge is 0.391 e. The van der Waals surface area contributed by atoms with Gasteiger partial charge in [0.1, 0.15) is 0 Å². The van der Waals surface area contributed by atoms with Crippen molar-refractivity contribution in [2.24, 2.45) is 0 Å². The molecule has 0 aromatic carbocycles. The van der Waals surface area contributed by atoms with Gasteiger partial charge in [0.25, 0.3) is 0 Å². The Bertz CT molecular complexity index is 95.6. The zero-order chi connectivity index (χ0) is 7.40. The highest BCUT2D eigenvalue weighted by molar-refractivity contribution is 4.77. The first-order valence-corrected chi connectivity index (χ1v) is 3.81. The Kier molecular flexibility index (Phi) is 3.12. The van der Waals surface area contributed by atoms with Gasteiger partial charge in [-0.15, -0.1) is 0 Å². The van der Waals surface area contributed by atoms with Crippen molar-refractivity contribution in [2.45, 2.75) is 37.8 Å². The third kappa shape index (κ3) is 1.94. The molecule has 0 bridgehead atoms. The molecule has 0 saturated heterocycles. The van der Waals surface area contributed by atoms with Gasteiger partial charge in [-0.25, -0.2) is 0 Å². The predicted molar refractivity (Wildman–Crippen MR) is 38.4 cm³/mol. The molecular weight excluding hydrogens is 130 g/mol. The number of hydrogen-bond acceptors (Lipinski definition) is 3. The summed E-state index contributed by atoms with van der Waals surface area (Å²) in [6.07, 6.45) is 4.05. The Hall–Kier alpha value is -0.120. The number of nitrogens with one attached hydrogen (secondary N) is 1. The maximum atomic E-state index is 9.36. The van der Waals surface area contributed by atoms with E-state index in [9.17, 15) is 5.11 Å². The lowest BCUT2D eigenvalue weighted by atomic mass is 9.93. The fourth-order valence-corrected chi connectivity index (χ4v) is 1.40. The molecule has 0 amide bonds. The summed E-state index contributed by atoms with van der Waals surface area (Å²) >= 11 is 0. The van der Waals surface area contributed by atoms with Crippen LogP contribution in [0.1, 0.15) is 25.7 Å². The second-order valence-electron chi connectivity index (χ2n) is 2.78. The van der Waals surface area contributed by atoms with Gasteiger partial charge in [-0.1, -0.05) is 12.8 Å². The smallest absolute Gasteiger partial charge is 0.0716 e. The maximum absolute atomic E-state index is 9.36. The second kappa shape index (κ2) is 3.91. The predicted octanol–water partition coefficient (Wildman–Crippen LogP) is 0.441. The summed E-state index contributed by atoms with van der Waals surface area (Å²) in [5.41, 5.74) is 2.78. The van der Waals surface area contributed by atoms with E-state index in [-0.39, 0.29) is 12.1 Å². The van der Waals surface area contributed by atoms with Gasteiger partial charge < -0.3 is 9.94 Å². The van der Waals surface area contributed by atoms with Crippen LogP contribution in [-0.4, -0.2) is 24.4 Å². The zero-order valence-corrected chi connectivity index (χ0v) is 6.34. The van der Waals surface area contributed by atoms with Crippen molar-refractivity contribution in [1.29, 1.82) is 0 Å². The van der Waals surface area contributed by atoms with Crippen LogP contribution in [0, 0.1) is 0 Å². The van der Waals surface area contributed by atoms with Gasteiger partial charge in [-0.2, -0.15) is 5.48 Å². The zero-order valence-electron chi connectivity index (χ0n) is 6.34. The average Bonchev–Trinajstić information content (AvgIpc) is 1.94. The molecular formula is C7H15NO2. The summed E-state index contributed by atoms with van der Waals surface area (Å²) in [5.74, 6) is 0. The number of aliphatic hydroxyl groups excluding tert-OH is 1. The number of rotatable bonds is 2. The lowest BCUT2D eigenvalue weighted by Gasteiger charge is -2.27. The van der Waals surface area contributed by atoms with E-state index in [1.54, 1.807) is 7.11 Å². The summed E-state index contributed by atoms with van der Waals surface area (Å²) < 4.78 is 0. The van der Waals surface area contributed by atoms with E-state index in [0.29, 0.717) is 0 Å². The molecule has 1 aliphatic rings. The van der Waals surface area contributed by atoms with E-state index in [4.69, 9.17) is 4.84 Å². The van der Waals surface area contributed by atoms with E-state index in [0.717, 1.165) is 19.3 Å². The molecule has 10 heavy (non-hydrogen) atoms. The van der Waals surface area contributed by atoms with Crippen LogP contribution < -0.4 is 5.48 Å². The third-order valence-corrected chi connectivity index (χ3v) is 2.00. The van der Waals surface area contributed by atoms with Gasteiger partial charge in [0, 0.05) is 0 Å². The number of hydroxylamine groups is 1. The van der Waals surface area contributed by atoms with Gasteiger partial charge in [0.05, 0.1) is 19.3 Å². The van der Waals surface area contributed by atoms with Crippen molar-refractivity contribution in [3.63, 3.8) is 0 Å². The van der Waals surface area contributed by atoms with Crippen LogP contribution in [0.25, 0.3) is 0 Å². The molecule has 1 aliphatic carbocycles. The van der Waals surface area contributed by atoms with Gasteiger partial charge in [-0.3, -0.25) is 0 Å². The molecule has 0 aliphatic heterocycles. The normalized spacial score (nSPS) is 34.2. The molecule has 1 rings (SSSR count). The molecule has 2 N–H and O–H groups in total. The molecule has 60 valence electrons. The Morgan fingerprint density at radius 3 is 2.70 bits per heavy atom. The van der Waals surface area contributed by atoms with Crippen molar-refractivity contribution in [2.75, 3.05) is 7.11 Å². The molecule has 1 saturated carbocycles. The van der Waals surface area contributed by atoms with Crippen molar-refractivity contribution in [1.82, 2.24) is 5.48 Å². The molecule has 0 spiro atoms. The van der Waals surface area contributed by atoms with E-state index >= 15 is 0 Å². The summed E-state index contributed by atoms with van der Waals surface area (Å²) in [6, 6.07) is 0.152. The van der Waals surface area contributed by atoms with Crippen LogP contribution in [0.3, 0.4) is 0 Å². The molecule has 2 atom stereocenters. The Morgan fingerprint density at radius 2 is 2.10 bits per heavy atom. The Morgan fingerprint density at radius 1 is 1.40 bits per heavy atom. The molecule has 0 radical (unpaired) electrons. The van der Waals surface area contributed by atoms with Crippen molar-refractivity contribution in [3.05, 3.63) is 0 Å². The van der Waals surface area contributed by atoms with Crippen molar-refractivity contribution >= 4 is 0 Å². The molecule has 0 unspecified atom stereocenters. The molecule has 0 aromatic rings. The molecule has 0 heterocycles. The molecule has 3 nitrogen and oxygen atoms in total. The van der Waals surface area contributed by atoms with Gasteiger partial charge in [-0.05, 0) is 12.8 Å². The quantitative estimate of drug-likeness (QED) is 0.554. The SMILES string of the molecule is CON[C@@H]1CCCC[C@H]1O. The van der Waals surface area contributed by atoms with Crippen molar-refractivity contribution < 1.29 is 9.94 Å². The first-order chi connectivity index (χ1) is 4.84. The lowest BCUT2D eigenvalue weighted by molar-refractivity contribution is -0.0111. The monoisotopic (exact) mass is 145 g/mol. The summed E-state index contributed by atoms with van der Waals surface area (Å²) in [4.78, 5) is 4.74. The van der Waals surface area contributed by atoms with E-state index < -0.39 is 0 Å². The number of aliphatic hydroxyl groups is 1. The Balaban J connectivity index is 2.25. The van der Waals surface area contributed by atoms with E-state index in [1.165, 1.54) is 6.42 Å². The molecule has 0 aromatic heterocycles. The van der Waals surface area contributed by atoms with Gasteiger partial charge in [0.15, 0.2) is 0 Å². The maximum Gasteiger partial charge on any atom is 0.0716 e. The summed E-state index contributed by atoms with van der Waals surface area (Å²) in [5, 5.41) is 9.36. The first-order valence-electron chi connectivity index (χ1n) is 3.81. The van der Waals surface area contributed by atoms with Crippen LogP contribution in [0.5, 0.6) is 0 Å². The van der Waals surface area contributed by atoms with Crippen LogP contribution in [-0.2, 0) is 4.84 Å². The minimum Gasteiger partial charge on any atom is -0.391 e. The van der Waals surface area contributed by atoms with Gasteiger partial charge >= 0.3 is 0 Å². The highest BCUT2D eigenvalue weighted by Crippen LogP contribution is 2.17. The Labute approximate surface area is 61.3 Å². The summed E-state index contributed by atoms with van der Waals surface area (Å²) in [6.45, 7) is 0. The highest BCUT2D eigenvalue weighted by Gasteiger charge is 2.22. The average molecular weight is 145 g/mol. The van der Waals surface area contributed by atoms with Crippen LogP contribution in [0.15, 0.2) is 0 Å². The van der Waals surface area contributed by atoms with E-state index in [1.807, 2.05) is 0 Å².